The molecule has 6 aliphatic rings. The van der Waals surface area contributed by atoms with E-state index in [9.17, 15) is 19.8 Å². The standard InChI is InChI=1S/C46H69NO5/c1-29(2)32-16-22-46(36(48)28-47-25-19-30-12-10-11-13-31(30)27-47)24-23-44(8)33(39(32)46)14-15-35-43(7)20-18-37(52-38(49)26-41(3,4)40(50)51)42(5,6)34(43)17-21-45(35,44)9/h10-13,29,33-37,48H,14-28H2,1-9H3,(H,50,51)/t33-,34+,35-,36+,37+,43+,44-,45-,46-/m1/s1. The van der Waals surface area contributed by atoms with Crippen LogP contribution in [0.25, 0.3) is 0 Å². The second-order valence-electron chi connectivity index (χ2n) is 20.8. The van der Waals surface area contributed by atoms with Crippen molar-refractivity contribution in [1.29, 1.82) is 0 Å². The Morgan fingerprint density at radius 1 is 0.885 bits per heavy atom. The lowest BCUT2D eigenvalue weighted by atomic mass is 9.33. The number of carbonyl (C=O) groups excluding carboxylic acids is 1. The molecule has 5 aliphatic carbocycles. The van der Waals surface area contributed by atoms with Crippen LogP contribution in [-0.2, 0) is 27.3 Å². The Balaban J connectivity index is 1.14. The van der Waals surface area contributed by atoms with Crippen LogP contribution in [0.3, 0.4) is 0 Å². The molecule has 1 aliphatic heterocycles. The molecular weight excluding hydrogens is 647 g/mol. The summed E-state index contributed by atoms with van der Waals surface area (Å²) in [7, 11) is 0. The van der Waals surface area contributed by atoms with Gasteiger partial charge in [-0.25, -0.2) is 0 Å². The number of aliphatic hydroxyl groups excluding tert-OH is 1. The maximum absolute atomic E-state index is 13.1. The quantitative estimate of drug-likeness (QED) is 0.206. The number of hydrogen-bond donors (Lipinski definition) is 2. The Kier molecular flexibility index (Phi) is 9.50. The summed E-state index contributed by atoms with van der Waals surface area (Å²) in [6, 6.07) is 8.86. The van der Waals surface area contributed by atoms with Gasteiger partial charge in [-0.05, 0) is 136 Å². The van der Waals surface area contributed by atoms with E-state index in [4.69, 9.17) is 4.74 Å². The van der Waals surface area contributed by atoms with Crippen molar-refractivity contribution in [2.45, 2.75) is 158 Å². The number of hydrogen-bond acceptors (Lipinski definition) is 5. The average molecular weight is 716 g/mol. The highest BCUT2D eigenvalue weighted by Gasteiger charge is 2.70. The Bertz CT molecular complexity index is 1610. The second kappa shape index (κ2) is 13.0. The lowest BCUT2D eigenvalue weighted by Gasteiger charge is -2.72. The van der Waals surface area contributed by atoms with Gasteiger partial charge in [0, 0.05) is 30.5 Å². The van der Waals surface area contributed by atoms with Gasteiger partial charge in [-0.15, -0.1) is 0 Å². The molecule has 0 amide bonds. The van der Waals surface area contributed by atoms with Crippen molar-refractivity contribution in [2.24, 2.45) is 56.2 Å². The number of fused-ring (bicyclic) bond motifs is 8. The Labute approximate surface area is 314 Å². The highest BCUT2D eigenvalue weighted by Crippen LogP contribution is 2.77. The molecule has 1 aromatic rings. The van der Waals surface area contributed by atoms with Crippen LogP contribution in [0.2, 0.25) is 0 Å². The molecular formula is C46H69NO5. The van der Waals surface area contributed by atoms with Crippen molar-refractivity contribution < 1.29 is 24.5 Å². The molecule has 0 radical (unpaired) electrons. The van der Waals surface area contributed by atoms with Crippen molar-refractivity contribution in [3.8, 4) is 0 Å². The van der Waals surface area contributed by atoms with Gasteiger partial charge >= 0.3 is 11.9 Å². The zero-order valence-corrected chi connectivity index (χ0v) is 33.9. The van der Waals surface area contributed by atoms with Gasteiger partial charge in [0.1, 0.15) is 6.10 Å². The van der Waals surface area contributed by atoms with E-state index in [2.05, 4.69) is 77.6 Å². The molecule has 1 heterocycles. The summed E-state index contributed by atoms with van der Waals surface area (Å²) in [5.74, 6) is 0.707. The fourth-order valence-electron chi connectivity index (χ4n) is 14.2. The highest BCUT2D eigenvalue weighted by atomic mass is 16.5. The zero-order chi connectivity index (χ0) is 37.6. The van der Waals surface area contributed by atoms with E-state index in [1.165, 1.54) is 36.8 Å². The number of carboxylic acids is 1. The molecule has 2 N–H and O–H groups in total. The predicted molar refractivity (Wildman–Crippen MR) is 206 cm³/mol. The number of esters is 1. The molecule has 9 atom stereocenters. The molecule has 52 heavy (non-hydrogen) atoms. The summed E-state index contributed by atoms with van der Waals surface area (Å²) in [4.78, 5) is 27.4. The first-order chi connectivity index (χ1) is 24.3. The third-order valence-electron chi connectivity index (χ3n) is 17.4. The van der Waals surface area contributed by atoms with E-state index in [1.54, 1.807) is 25.0 Å². The lowest BCUT2D eigenvalue weighted by Crippen LogP contribution is -2.66. The van der Waals surface area contributed by atoms with Gasteiger partial charge in [-0.2, -0.15) is 0 Å². The Hall–Kier alpha value is -2.18. The molecule has 4 fully saturated rings. The SMILES string of the molecule is CC(C)C1=C2[C@H]3CC[C@@H]4[C@@]5(C)CC[C@H](OC(=O)CC(C)(C)C(=O)O)C(C)(C)[C@@H]5CC[C@@]4(C)[C@]3(C)CC[C@@]2([C@@H](O)CN2CCc3ccccc3C2)CC1. The Morgan fingerprint density at radius 2 is 1.60 bits per heavy atom. The fourth-order valence-corrected chi connectivity index (χ4v) is 14.2. The number of rotatable bonds is 8. The highest BCUT2D eigenvalue weighted by molar-refractivity contribution is 5.81. The number of β-amino-alcohol motifs (C(OH)–C–C–N with tert-alkyl or cyclic N) is 1. The Morgan fingerprint density at radius 3 is 2.29 bits per heavy atom. The molecule has 0 saturated heterocycles. The van der Waals surface area contributed by atoms with Gasteiger partial charge in [-0.3, -0.25) is 14.5 Å². The van der Waals surface area contributed by atoms with Crippen molar-refractivity contribution in [2.75, 3.05) is 13.1 Å². The topological polar surface area (TPSA) is 87.1 Å². The van der Waals surface area contributed by atoms with Gasteiger partial charge in [0.2, 0.25) is 0 Å². The van der Waals surface area contributed by atoms with Crippen LogP contribution in [0.4, 0.5) is 0 Å². The van der Waals surface area contributed by atoms with Crippen molar-refractivity contribution in [3.63, 3.8) is 0 Å². The summed E-state index contributed by atoms with van der Waals surface area (Å²) in [6.45, 7) is 23.3. The van der Waals surface area contributed by atoms with Crippen LogP contribution in [-0.4, -0.2) is 52.3 Å². The van der Waals surface area contributed by atoms with Gasteiger partial charge < -0.3 is 14.9 Å². The molecule has 0 unspecified atom stereocenters. The average Bonchev–Trinajstić information content (AvgIpc) is 3.47. The molecule has 4 saturated carbocycles. The number of aliphatic hydroxyl groups is 1. The van der Waals surface area contributed by atoms with Gasteiger partial charge in [-0.1, -0.05) is 83.9 Å². The molecule has 0 bridgehead atoms. The monoisotopic (exact) mass is 716 g/mol. The minimum absolute atomic E-state index is 0.103. The minimum atomic E-state index is -1.14. The fraction of sp³-hybridized carbons (Fsp3) is 0.783. The second-order valence-corrected chi connectivity index (χ2v) is 20.8. The molecule has 7 rings (SSSR count). The van der Waals surface area contributed by atoms with Crippen molar-refractivity contribution in [1.82, 2.24) is 4.90 Å². The predicted octanol–water partition coefficient (Wildman–Crippen LogP) is 9.62. The number of carboxylic acid groups (broad SMARTS) is 1. The van der Waals surface area contributed by atoms with E-state index in [1.807, 2.05) is 0 Å². The van der Waals surface area contributed by atoms with E-state index >= 15 is 0 Å². The van der Waals surface area contributed by atoms with Crippen LogP contribution in [0, 0.1) is 56.2 Å². The third kappa shape index (κ3) is 5.68. The molecule has 0 aromatic heterocycles. The van der Waals surface area contributed by atoms with Gasteiger partial charge in [0.25, 0.3) is 0 Å². The van der Waals surface area contributed by atoms with Crippen LogP contribution >= 0.6 is 0 Å². The number of carbonyl (C=O) groups is 2. The smallest absolute Gasteiger partial charge is 0.309 e. The summed E-state index contributed by atoms with van der Waals surface area (Å²) < 4.78 is 6.20. The molecule has 6 heteroatoms. The summed E-state index contributed by atoms with van der Waals surface area (Å²) in [5.41, 5.74) is 5.33. The molecule has 6 nitrogen and oxygen atoms in total. The normalized spacial score (nSPS) is 39.1. The van der Waals surface area contributed by atoms with Crippen LogP contribution in [0.1, 0.15) is 144 Å². The zero-order valence-electron chi connectivity index (χ0n) is 33.9. The maximum Gasteiger partial charge on any atom is 0.309 e. The van der Waals surface area contributed by atoms with Crippen molar-refractivity contribution >= 4 is 11.9 Å². The number of benzene rings is 1. The van der Waals surface area contributed by atoms with Gasteiger partial charge in [0.05, 0.1) is 17.9 Å². The minimum Gasteiger partial charge on any atom is -0.481 e. The number of aliphatic carboxylic acids is 1. The van der Waals surface area contributed by atoms with E-state index in [0.29, 0.717) is 23.7 Å². The summed E-state index contributed by atoms with van der Waals surface area (Å²) in [6.07, 6.45) is 11.6. The number of nitrogens with zero attached hydrogens (tertiary/aromatic N) is 1. The summed E-state index contributed by atoms with van der Waals surface area (Å²) >= 11 is 0. The molecule has 288 valence electrons. The van der Waals surface area contributed by atoms with E-state index in [-0.39, 0.29) is 51.7 Å². The first-order valence-corrected chi connectivity index (χ1v) is 20.9. The van der Waals surface area contributed by atoms with Crippen molar-refractivity contribution in [3.05, 3.63) is 46.5 Å². The van der Waals surface area contributed by atoms with Crippen LogP contribution in [0.15, 0.2) is 35.4 Å². The maximum atomic E-state index is 13.1. The molecule has 0 spiro atoms. The van der Waals surface area contributed by atoms with E-state index < -0.39 is 11.4 Å². The van der Waals surface area contributed by atoms with E-state index in [0.717, 1.165) is 64.6 Å². The largest absolute Gasteiger partial charge is 0.481 e. The molecule has 1 aromatic carbocycles. The van der Waals surface area contributed by atoms with Crippen LogP contribution in [0.5, 0.6) is 0 Å². The number of ether oxygens (including phenoxy) is 1. The first kappa shape index (κ1) is 38.1. The summed E-state index contributed by atoms with van der Waals surface area (Å²) in [5, 5.41) is 22.1. The number of allylic oxidation sites excluding steroid dienone is 1. The third-order valence-corrected chi connectivity index (χ3v) is 17.4. The van der Waals surface area contributed by atoms with Crippen LogP contribution < -0.4 is 0 Å². The lowest BCUT2D eigenvalue weighted by molar-refractivity contribution is -0.235. The first-order valence-electron chi connectivity index (χ1n) is 20.9. The van der Waals surface area contributed by atoms with Gasteiger partial charge in [0.15, 0.2) is 0 Å².